The normalized spacial score (nSPS) is 10.4. The van der Waals surface area contributed by atoms with Crippen molar-refractivity contribution >= 4 is 28.5 Å². The van der Waals surface area contributed by atoms with E-state index in [2.05, 4.69) is 4.18 Å². The van der Waals surface area contributed by atoms with Crippen LogP contribution in [0.1, 0.15) is 0 Å². The molecule has 0 unspecified atom stereocenters. The van der Waals surface area contributed by atoms with Crippen LogP contribution in [-0.2, 0) is 10.4 Å². The smallest absolute Gasteiger partial charge is 0.446 e. The van der Waals surface area contributed by atoms with E-state index < -0.39 is 10.4 Å². The maximum Gasteiger partial charge on any atom is 0.446 e. The molecule has 0 fully saturated rings. The van der Waals surface area contributed by atoms with Crippen molar-refractivity contribution in [2.24, 2.45) is 0 Å². The van der Waals surface area contributed by atoms with E-state index >= 15 is 0 Å². The van der Waals surface area contributed by atoms with Crippen molar-refractivity contribution in [3.63, 3.8) is 0 Å². The Bertz CT molecular complexity index is 418. The fraction of sp³-hybridized carbons (Fsp3) is 0. The Morgan fingerprint density at radius 3 is 2.43 bits per heavy atom. The highest BCUT2D eigenvalue weighted by molar-refractivity contribution is 7.81. The van der Waals surface area contributed by atoms with Crippen LogP contribution >= 0.6 is 12.4 Å². The molecular formula is C6H8ClNO5S. The van der Waals surface area contributed by atoms with E-state index in [1.165, 1.54) is 18.2 Å². The molecule has 0 aromatic heterocycles. The number of para-hydroxylation sites is 1. The molecule has 0 aliphatic carbocycles. The molecule has 0 amide bonds. The molecule has 4 N–H and O–H groups in total. The fourth-order valence-corrected chi connectivity index (χ4v) is 1.09. The highest BCUT2D eigenvalue weighted by Crippen LogP contribution is 2.30. The van der Waals surface area contributed by atoms with Gasteiger partial charge >= 0.3 is 10.4 Å². The van der Waals surface area contributed by atoms with Crippen LogP contribution < -0.4 is 9.92 Å². The molecule has 0 bridgehead atoms. The number of anilines is 1. The minimum absolute atomic E-state index is 0. The molecular weight excluding hydrogens is 234 g/mol. The van der Waals surface area contributed by atoms with Crippen molar-refractivity contribution in [3.8, 4) is 11.5 Å². The molecule has 1 aromatic rings. The Kier molecular flexibility index (Phi) is 3.99. The number of hydrogen-bond donors (Lipinski definition) is 3. The molecule has 0 radical (unpaired) electrons. The highest BCUT2D eigenvalue weighted by atomic mass is 35.5. The van der Waals surface area contributed by atoms with Gasteiger partial charge in [0, 0.05) is 0 Å². The monoisotopic (exact) mass is 241 g/mol. The first-order valence-corrected chi connectivity index (χ1v) is 4.51. The number of phenols is 1. The van der Waals surface area contributed by atoms with E-state index in [0.717, 1.165) is 0 Å². The van der Waals surface area contributed by atoms with Crippen LogP contribution in [0.4, 0.5) is 5.69 Å². The van der Waals surface area contributed by atoms with Crippen molar-refractivity contribution < 1.29 is 22.3 Å². The first-order chi connectivity index (χ1) is 5.90. The minimum atomic E-state index is -4.61. The van der Waals surface area contributed by atoms with Crippen LogP contribution in [0.25, 0.3) is 0 Å². The summed E-state index contributed by atoms with van der Waals surface area (Å²) < 4.78 is 32.9. The number of halogens is 1. The lowest BCUT2D eigenvalue weighted by Crippen LogP contribution is -2.08. The summed E-state index contributed by atoms with van der Waals surface area (Å²) in [5, 5.41) is 9.02. The molecule has 0 spiro atoms. The third kappa shape index (κ3) is 3.29. The Morgan fingerprint density at radius 1 is 1.36 bits per heavy atom. The summed E-state index contributed by atoms with van der Waals surface area (Å²) in [5.74, 6) is -0.636. The topological polar surface area (TPSA) is 110 Å². The molecule has 80 valence electrons. The molecule has 0 atom stereocenters. The van der Waals surface area contributed by atoms with Gasteiger partial charge in [0.15, 0.2) is 5.75 Å². The minimum Gasteiger partial charge on any atom is -0.506 e. The van der Waals surface area contributed by atoms with Crippen LogP contribution in [-0.4, -0.2) is 18.1 Å². The lowest BCUT2D eigenvalue weighted by molar-refractivity contribution is 0.386. The van der Waals surface area contributed by atoms with Gasteiger partial charge in [-0.15, -0.1) is 12.4 Å². The second-order valence-corrected chi connectivity index (χ2v) is 3.22. The Labute approximate surface area is 86.7 Å². The van der Waals surface area contributed by atoms with E-state index in [0.29, 0.717) is 0 Å². The summed E-state index contributed by atoms with van der Waals surface area (Å²) in [6, 6.07) is 3.78. The number of aromatic hydroxyl groups is 1. The number of nitrogens with two attached hydrogens (primary N) is 1. The van der Waals surface area contributed by atoms with Gasteiger partial charge in [0.25, 0.3) is 0 Å². The summed E-state index contributed by atoms with van der Waals surface area (Å²) >= 11 is 0. The number of benzene rings is 1. The van der Waals surface area contributed by atoms with Gasteiger partial charge in [-0.05, 0) is 12.1 Å². The van der Waals surface area contributed by atoms with Crippen molar-refractivity contribution in [2.45, 2.75) is 0 Å². The number of phenolic OH excluding ortho intramolecular Hbond substituents is 1. The number of hydrogen-bond acceptors (Lipinski definition) is 5. The average Bonchev–Trinajstić information content (AvgIpc) is 1.96. The van der Waals surface area contributed by atoms with Crippen molar-refractivity contribution in [1.82, 2.24) is 0 Å². The fourth-order valence-electron chi connectivity index (χ4n) is 0.719. The molecule has 0 aliphatic rings. The summed E-state index contributed by atoms with van der Waals surface area (Å²) in [4.78, 5) is 0. The van der Waals surface area contributed by atoms with Crippen LogP contribution in [0.5, 0.6) is 11.5 Å². The highest BCUT2D eigenvalue weighted by Gasteiger charge is 2.11. The second kappa shape index (κ2) is 4.36. The van der Waals surface area contributed by atoms with Crippen LogP contribution in [0.3, 0.4) is 0 Å². The van der Waals surface area contributed by atoms with Gasteiger partial charge in [0.1, 0.15) is 11.4 Å². The van der Waals surface area contributed by atoms with Crippen molar-refractivity contribution in [3.05, 3.63) is 18.2 Å². The van der Waals surface area contributed by atoms with Crippen LogP contribution in [0, 0.1) is 0 Å². The molecule has 1 aromatic carbocycles. The van der Waals surface area contributed by atoms with E-state index in [-0.39, 0.29) is 29.6 Å². The van der Waals surface area contributed by atoms with Gasteiger partial charge in [-0.3, -0.25) is 4.55 Å². The molecule has 0 saturated carbocycles. The number of rotatable bonds is 2. The van der Waals surface area contributed by atoms with Gasteiger partial charge in [0.2, 0.25) is 0 Å². The molecule has 0 aliphatic heterocycles. The third-order valence-corrected chi connectivity index (χ3v) is 1.63. The van der Waals surface area contributed by atoms with E-state index in [9.17, 15) is 8.42 Å². The van der Waals surface area contributed by atoms with E-state index in [4.69, 9.17) is 15.4 Å². The van der Waals surface area contributed by atoms with Crippen molar-refractivity contribution in [1.29, 1.82) is 0 Å². The predicted molar refractivity (Wildman–Crippen MR) is 51.9 cm³/mol. The Morgan fingerprint density at radius 2 is 1.93 bits per heavy atom. The number of nitrogen functional groups attached to an aromatic ring is 1. The third-order valence-electron chi connectivity index (χ3n) is 1.24. The van der Waals surface area contributed by atoms with Crippen LogP contribution in [0.15, 0.2) is 18.2 Å². The summed E-state index contributed by atoms with van der Waals surface area (Å²) in [6.07, 6.45) is 0. The van der Waals surface area contributed by atoms with Crippen LogP contribution in [0.2, 0.25) is 0 Å². The van der Waals surface area contributed by atoms with Gasteiger partial charge in [0.05, 0.1) is 0 Å². The first kappa shape index (κ1) is 12.8. The molecule has 14 heavy (non-hydrogen) atoms. The summed E-state index contributed by atoms with van der Waals surface area (Å²) in [5.41, 5.74) is 4.99. The largest absolute Gasteiger partial charge is 0.506 e. The van der Waals surface area contributed by atoms with Crippen molar-refractivity contribution in [2.75, 3.05) is 5.73 Å². The Hall–Kier alpha value is -1.18. The zero-order chi connectivity index (χ0) is 10.1. The molecule has 0 heterocycles. The van der Waals surface area contributed by atoms with Gasteiger partial charge < -0.3 is 15.0 Å². The standard InChI is InChI=1S/C6H7NO5S.ClH/c7-6-4(8)2-1-3-5(6)12-13(9,10)11;/h1-3,8H,7H2,(H,9,10,11);1H. The quantitative estimate of drug-likeness (QED) is 0.397. The average molecular weight is 242 g/mol. The van der Waals surface area contributed by atoms with Gasteiger partial charge in [-0.1, -0.05) is 6.07 Å². The zero-order valence-corrected chi connectivity index (χ0v) is 8.38. The molecule has 0 saturated heterocycles. The summed E-state index contributed by atoms with van der Waals surface area (Å²) in [7, 11) is -4.61. The second-order valence-electron chi connectivity index (χ2n) is 2.20. The summed E-state index contributed by atoms with van der Waals surface area (Å²) in [6.45, 7) is 0. The van der Waals surface area contributed by atoms with E-state index in [1.807, 2.05) is 0 Å². The predicted octanol–water partition coefficient (Wildman–Crippen LogP) is 0.578. The maximum atomic E-state index is 10.3. The molecule has 1 rings (SSSR count). The maximum absolute atomic E-state index is 10.3. The van der Waals surface area contributed by atoms with Gasteiger partial charge in [-0.25, -0.2) is 0 Å². The lowest BCUT2D eigenvalue weighted by Gasteiger charge is -2.05. The van der Waals surface area contributed by atoms with E-state index in [1.54, 1.807) is 0 Å². The Balaban J connectivity index is 0.00000169. The first-order valence-electron chi connectivity index (χ1n) is 3.14. The van der Waals surface area contributed by atoms with Gasteiger partial charge in [-0.2, -0.15) is 8.42 Å². The SMILES string of the molecule is Cl.Nc1c(O)cccc1OS(=O)(=O)O. The zero-order valence-electron chi connectivity index (χ0n) is 6.75. The lowest BCUT2D eigenvalue weighted by atomic mass is 10.3. The molecule has 8 heteroatoms. The molecule has 6 nitrogen and oxygen atoms in total.